The summed E-state index contributed by atoms with van der Waals surface area (Å²) in [6.45, 7) is 1.35. The summed E-state index contributed by atoms with van der Waals surface area (Å²) in [6, 6.07) is 17.2. The third-order valence-corrected chi connectivity index (χ3v) is 6.63. The predicted molar refractivity (Wildman–Crippen MR) is 113 cm³/mol. The maximum Gasteiger partial charge on any atom is 0.327 e. The van der Waals surface area contributed by atoms with Crippen LogP contribution in [0.3, 0.4) is 0 Å². The Morgan fingerprint density at radius 1 is 1.12 bits per heavy atom. The highest BCUT2D eigenvalue weighted by Crippen LogP contribution is 2.51. The summed E-state index contributed by atoms with van der Waals surface area (Å²) in [5, 5.41) is 24.4. The van der Waals surface area contributed by atoms with Crippen LogP contribution in [0.15, 0.2) is 65.1 Å². The second-order valence-electron chi connectivity index (χ2n) is 8.41. The van der Waals surface area contributed by atoms with Gasteiger partial charge in [-0.2, -0.15) is 0 Å². The molecule has 2 aliphatic rings. The van der Waals surface area contributed by atoms with Crippen molar-refractivity contribution < 1.29 is 29.0 Å². The molecule has 2 amide bonds. The Labute approximate surface area is 183 Å². The predicted octanol–water partition coefficient (Wildman–Crippen LogP) is 2.08. The zero-order valence-corrected chi connectivity index (χ0v) is 17.3. The van der Waals surface area contributed by atoms with Gasteiger partial charge >= 0.3 is 5.97 Å². The van der Waals surface area contributed by atoms with Crippen LogP contribution in [0.4, 0.5) is 0 Å². The van der Waals surface area contributed by atoms with Crippen molar-refractivity contribution in [1.82, 2.24) is 10.2 Å². The van der Waals surface area contributed by atoms with Gasteiger partial charge in [0.2, 0.25) is 11.8 Å². The Bertz CT molecular complexity index is 1190. The van der Waals surface area contributed by atoms with Crippen LogP contribution in [0.25, 0.3) is 11.0 Å². The van der Waals surface area contributed by atoms with Crippen molar-refractivity contribution in [3.63, 3.8) is 0 Å². The zero-order chi connectivity index (χ0) is 22.6. The van der Waals surface area contributed by atoms with E-state index in [2.05, 4.69) is 5.32 Å². The van der Waals surface area contributed by atoms with Crippen molar-refractivity contribution >= 4 is 28.8 Å². The monoisotopic (exact) mass is 434 g/mol. The summed E-state index contributed by atoms with van der Waals surface area (Å²) in [6.07, 6.45) is -1.43. The molecule has 2 aromatic carbocycles. The van der Waals surface area contributed by atoms with E-state index in [1.165, 1.54) is 6.92 Å². The van der Waals surface area contributed by atoms with E-state index in [0.717, 1.165) is 15.8 Å². The molecule has 3 aromatic rings. The number of nitrogens with zero attached hydrogens (tertiary/aromatic N) is 1. The maximum absolute atomic E-state index is 13.5. The van der Waals surface area contributed by atoms with Crippen molar-refractivity contribution in [1.29, 1.82) is 0 Å². The number of carboxylic acids is 1. The first kappa shape index (κ1) is 20.4. The number of aliphatic hydroxyl groups is 1. The molecule has 0 radical (unpaired) electrons. The lowest BCUT2D eigenvalue weighted by Gasteiger charge is -2.33. The van der Waals surface area contributed by atoms with Gasteiger partial charge in [0.05, 0.1) is 30.5 Å². The number of likely N-dealkylation sites (tertiary alicyclic amines) is 1. The van der Waals surface area contributed by atoms with Gasteiger partial charge in [-0.15, -0.1) is 0 Å². The zero-order valence-electron chi connectivity index (χ0n) is 17.3. The number of hydrogen-bond acceptors (Lipinski definition) is 6. The van der Waals surface area contributed by atoms with E-state index in [1.54, 1.807) is 36.4 Å². The summed E-state index contributed by atoms with van der Waals surface area (Å²) in [5.41, 5.74) is -0.684. The Kier molecular flexibility index (Phi) is 4.65. The average molecular weight is 434 g/mol. The number of amides is 2. The van der Waals surface area contributed by atoms with E-state index in [4.69, 9.17) is 4.42 Å². The van der Waals surface area contributed by atoms with Gasteiger partial charge in [0.15, 0.2) is 5.54 Å². The molecule has 2 fully saturated rings. The fourth-order valence-corrected chi connectivity index (χ4v) is 5.08. The minimum atomic E-state index is -2.02. The van der Waals surface area contributed by atoms with E-state index >= 15 is 0 Å². The molecule has 0 spiro atoms. The fourth-order valence-electron chi connectivity index (χ4n) is 5.08. The summed E-state index contributed by atoms with van der Waals surface area (Å²) in [4.78, 5) is 40.5. The molecule has 2 aliphatic heterocycles. The number of aliphatic carboxylic acids is 1. The third-order valence-electron chi connectivity index (χ3n) is 6.63. The minimum absolute atomic E-state index is 0.0356. The number of fused-ring (bicyclic) bond motifs is 2. The number of furan rings is 1. The molecule has 0 saturated carbocycles. The molecule has 8 nitrogen and oxygen atoms in total. The van der Waals surface area contributed by atoms with Crippen LogP contribution in [0.1, 0.15) is 24.3 Å². The van der Waals surface area contributed by atoms with Gasteiger partial charge in [0.25, 0.3) is 0 Å². The van der Waals surface area contributed by atoms with E-state index in [0.29, 0.717) is 11.3 Å². The lowest BCUT2D eigenvalue weighted by molar-refractivity contribution is -0.157. The third kappa shape index (κ3) is 2.80. The second-order valence-corrected chi connectivity index (χ2v) is 8.41. The van der Waals surface area contributed by atoms with Gasteiger partial charge in [-0.05, 0) is 24.6 Å². The normalized spacial score (nSPS) is 28.3. The lowest BCUT2D eigenvalue weighted by Crippen LogP contribution is -2.62. The molecule has 164 valence electrons. The number of carbonyl (C=O) groups is 3. The number of aliphatic hydroxyl groups excluding tert-OH is 1. The Morgan fingerprint density at radius 3 is 2.47 bits per heavy atom. The lowest BCUT2D eigenvalue weighted by atomic mass is 9.77. The topological polar surface area (TPSA) is 120 Å². The van der Waals surface area contributed by atoms with E-state index in [-0.39, 0.29) is 6.54 Å². The first-order valence-electron chi connectivity index (χ1n) is 10.4. The molecular formula is C24H22N2O6. The van der Waals surface area contributed by atoms with Crippen LogP contribution >= 0.6 is 0 Å². The number of nitrogens with one attached hydrogen (secondary N) is 1. The molecule has 0 aliphatic carbocycles. The summed E-state index contributed by atoms with van der Waals surface area (Å²) in [5.74, 6) is -4.41. The number of benzene rings is 2. The molecule has 32 heavy (non-hydrogen) atoms. The van der Waals surface area contributed by atoms with Crippen LogP contribution in [-0.2, 0) is 20.9 Å². The number of carboxylic acid groups (broad SMARTS) is 1. The summed E-state index contributed by atoms with van der Waals surface area (Å²) >= 11 is 0. The van der Waals surface area contributed by atoms with Crippen LogP contribution in [0.2, 0.25) is 0 Å². The van der Waals surface area contributed by atoms with E-state index in [9.17, 15) is 24.6 Å². The number of imide groups is 1. The van der Waals surface area contributed by atoms with E-state index < -0.39 is 47.3 Å². The van der Waals surface area contributed by atoms with Crippen LogP contribution in [0.5, 0.6) is 0 Å². The fraction of sp³-hybridized carbons (Fsp3) is 0.292. The van der Waals surface area contributed by atoms with Gasteiger partial charge in [0.1, 0.15) is 11.3 Å². The Morgan fingerprint density at radius 2 is 1.81 bits per heavy atom. The molecule has 5 unspecified atom stereocenters. The van der Waals surface area contributed by atoms with Crippen molar-refractivity contribution in [2.45, 2.75) is 31.2 Å². The Balaban J connectivity index is 1.61. The molecule has 0 bridgehead atoms. The highest BCUT2D eigenvalue weighted by atomic mass is 16.4. The molecule has 3 heterocycles. The minimum Gasteiger partial charge on any atom is -0.480 e. The standard InChI is InChI=1S/C24H22N2O6/c1-13(27)24(23(30)31)19-18(20(25-24)17-11-15-9-5-6-10-16(15)32-17)21(28)26(22(19)29)12-14-7-3-2-4-8-14/h2-11,13,18-20,25,27H,12H2,1H3,(H,30,31). The number of carbonyl (C=O) groups excluding carboxylic acids is 2. The molecule has 1 aromatic heterocycles. The molecule has 8 heteroatoms. The first-order valence-corrected chi connectivity index (χ1v) is 10.4. The summed E-state index contributed by atoms with van der Waals surface area (Å²) in [7, 11) is 0. The number of para-hydroxylation sites is 1. The van der Waals surface area contributed by atoms with Crippen molar-refractivity contribution in [2.75, 3.05) is 0 Å². The van der Waals surface area contributed by atoms with E-state index in [1.807, 2.05) is 24.3 Å². The van der Waals surface area contributed by atoms with Crippen LogP contribution in [0, 0.1) is 11.8 Å². The van der Waals surface area contributed by atoms with Crippen molar-refractivity contribution in [2.24, 2.45) is 11.8 Å². The number of rotatable bonds is 5. The van der Waals surface area contributed by atoms with Gasteiger partial charge in [0, 0.05) is 5.39 Å². The van der Waals surface area contributed by atoms with Crippen molar-refractivity contribution in [3.8, 4) is 0 Å². The van der Waals surface area contributed by atoms with Gasteiger partial charge in [-0.3, -0.25) is 24.6 Å². The van der Waals surface area contributed by atoms with Crippen LogP contribution < -0.4 is 5.32 Å². The quantitative estimate of drug-likeness (QED) is 0.526. The first-order chi connectivity index (χ1) is 15.3. The molecule has 5 rings (SSSR count). The van der Waals surface area contributed by atoms with Gasteiger partial charge in [-0.1, -0.05) is 48.5 Å². The maximum atomic E-state index is 13.5. The second kappa shape index (κ2) is 7.29. The van der Waals surface area contributed by atoms with Gasteiger partial charge < -0.3 is 14.6 Å². The average Bonchev–Trinajstić information content (AvgIpc) is 3.43. The van der Waals surface area contributed by atoms with Crippen molar-refractivity contribution in [3.05, 3.63) is 72.0 Å². The Hall–Kier alpha value is -3.49. The van der Waals surface area contributed by atoms with Crippen LogP contribution in [-0.4, -0.2) is 44.5 Å². The SMILES string of the molecule is CC(O)C1(C(=O)O)NC(c2cc3ccccc3o2)C2C(=O)N(Cc3ccccc3)C(=O)C21. The highest BCUT2D eigenvalue weighted by Gasteiger charge is 2.70. The molecule has 3 N–H and O–H groups in total. The molecular weight excluding hydrogens is 412 g/mol. The smallest absolute Gasteiger partial charge is 0.327 e. The summed E-state index contributed by atoms with van der Waals surface area (Å²) < 4.78 is 5.93. The number of hydrogen-bond donors (Lipinski definition) is 3. The largest absolute Gasteiger partial charge is 0.480 e. The molecule has 5 atom stereocenters. The molecule has 2 saturated heterocycles. The highest BCUT2D eigenvalue weighted by molar-refractivity contribution is 6.09. The van der Waals surface area contributed by atoms with Gasteiger partial charge in [-0.25, -0.2) is 0 Å².